The molecule has 0 bridgehead atoms. The van der Waals surface area contributed by atoms with Crippen molar-refractivity contribution in [2.75, 3.05) is 18.0 Å². The largest absolute Gasteiger partial charge is 0.409 e. The van der Waals surface area contributed by atoms with Gasteiger partial charge < -0.3 is 15.8 Å². The SMILES string of the molecule is CCC(CC)CN(CC)c1nnc(C)c(C)c1C(N)=NO. The van der Waals surface area contributed by atoms with Gasteiger partial charge in [0, 0.05) is 13.1 Å². The number of hydrogen-bond donors (Lipinski definition) is 2. The van der Waals surface area contributed by atoms with E-state index in [1.54, 1.807) is 0 Å². The summed E-state index contributed by atoms with van der Waals surface area (Å²) in [5.74, 6) is 1.37. The number of nitrogens with two attached hydrogens (primary N) is 1. The van der Waals surface area contributed by atoms with Crippen molar-refractivity contribution >= 4 is 11.7 Å². The van der Waals surface area contributed by atoms with Crippen molar-refractivity contribution in [3.05, 3.63) is 16.8 Å². The smallest absolute Gasteiger partial charge is 0.174 e. The Morgan fingerprint density at radius 2 is 1.86 bits per heavy atom. The van der Waals surface area contributed by atoms with Gasteiger partial charge in [-0.1, -0.05) is 31.8 Å². The van der Waals surface area contributed by atoms with Crippen molar-refractivity contribution in [1.82, 2.24) is 10.2 Å². The van der Waals surface area contributed by atoms with Gasteiger partial charge in [-0.2, -0.15) is 5.10 Å². The third kappa shape index (κ3) is 3.83. The van der Waals surface area contributed by atoms with Crippen LogP contribution >= 0.6 is 0 Å². The Balaban J connectivity index is 3.29. The van der Waals surface area contributed by atoms with Crippen molar-refractivity contribution in [2.24, 2.45) is 16.8 Å². The molecule has 0 aliphatic heterocycles. The molecule has 0 radical (unpaired) electrons. The Labute approximate surface area is 127 Å². The van der Waals surface area contributed by atoms with Crippen LogP contribution in [0.25, 0.3) is 0 Å². The maximum Gasteiger partial charge on any atom is 0.174 e. The number of aromatic nitrogens is 2. The fourth-order valence-electron chi connectivity index (χ4n) is 2.40. The topological polar surface area (TPSA) is 87.6 Å². The second-order valence-electron chi connectivity index (χ2n) is 5.32. The Hall–Kier alpha value is -1.85. The van der Waals surface area contributed by atoms with Crippen LogP contribution in [-0.2, 0) is 0 Å². The molecule has 0 fully saturated rings. The van der Waals surface area contributed by atoms with E-state index < -0.39 is 0 Å². The van der Waals surface area contributed by atoms with Gasteiger partial charge in [0.2, 0.25) is 0 Å². The Morgan fingerprint density at radius 1 is 1.24 bits per heavy atom. The van der Waals surface area contributed by atoms with E-state index in [9.17, 15) is 0 Å². The molecule has 0 aliphatic rings. The molecule has 0 unspecified atom stereocenters. The second-order valence-corrected chi connectivity index (χ2v) is 5.32. The first-order chi connectivity index (χ1) is 9.99. The lowest BCUT2D eigenvalue weighted by Gasteiger charge is -2.28. The third-order valence-electron chi connectivity index (χ3n) is 4.11. The zero-order valence-electron chi connectivity index (χ0n) is 13.7. The summed E-state index contributed by atoms with van der Waals surface area (Å²) in [6.07, 6.45) is 2.23. The van der Waals surface area contributed by atoms with Gasteiger partial charge in [0.15, 0.2) is 11.7 Å². The number of amidine groups is 1. The number of nitrogens with zero attached hydrogens (tertiary/aromatic N) is 4. The average molecular weight is 293 g/mol. The fraction of sp³-hybridized carbons (Fsp3) is 0.667. The van der Waals surface area contributed by atoms with Gasteiger partial charge in [-0.15, -0.1) is 5.10 Å². The molecule has 6 heteroatoms. The van der Waals surface area contributed by atoms with E-state index in [1.807, 2.05) is 13.8 Å². The molecule has 0 saturated carbocycles. The minimum Gasteiger partial charge on any atom is -0.409 e. The fourth-order valence-corrected chi connectivity index (χ4v) is 2.40. The van der Waals surface area contributed by atoms with Gasteiger partial charge in [0.05, 0.1) is 11.3 Å². The number of oxime groups is 1. The van der Waals surface area contributed by atoms with Gasteiger partial charge >= 0.3 is 0 Å². The molecule has 1 aromatic heterocycles. The van der Waals surface area contributed by atoms with Gasteiger partial charge in [0.1, 0.15) is 0 Å². The minimum absolute atomic E-state index is 0.0866. The molecule has 21 heavy (non-hydrogen) atoms. The Kier molecular flexibility index (Phi) is 6.39. The van der Waals surface area contributed by atoms with Gasteiger partial charge in [-0.05, 0) is 32.3 Å². The van der Waals surface area contributed by atoms with E-state index in [0.29, 0.717) is 17.3 Å². The van der Waals surface area contributed by atoms with Crippen LogP contribution in [0.4, 0.5) is 5.82 Å². The van der Waals surface area contributed by atoms with Crippen LogP contribution in [0.1, 0.15) is 50.4 Å². The van der Waals surface area contributed by atoms with Crippen molar-refractivity contribution < 1.29 is 5.21 Å². The molecule has 1 rings (SSSR count). The first kappa shape index (κ1) is 17.2. The summed E-state index contributed by atoms with van der Waals surface area (Å²) in [6, 6.07) is 0. The minimum atomic E-state index is 0.0866. The number of rotatable bonds is 7. The third-order valence-corrected chi connectivity index (χ3v) is 4.11. The van der Waals surface area contributed by atoms with Crippen LogP contribution in [0.3, 0.4) is 0 Å². The predicted molar refractivity (Wildman–Crippen MR) is 86.0 cm³/mol. The Morgan fingerprint density at radius 3 is 2.33 bits per heavy atom. The highest BCUT2D eigenvalue weighted by atomic mass is 16.4. The standard InChI is InChI=1S/C15H27N5O/c1-6-12(7-2)9-20(8-3)15-13(14(16)19-21)10(4)11(5)17-18-15/h12,21H,6-9H2,1-5H3,(H2,16,19). The molecule has 3 N–H and O–H groups in total. The summed E-state index contributed by atoms with van der Waals surface area (Å²) in [6.45, 7) is 12.0. The van der Waals surface area contributed by atoms with Crippen molar-refractivity contribution in [3.8, 4) is 0 Å². The van der Waals surface area contributed by atoms with E-state index in [4.69, 9.17) is 10.9 Å². The van der Waals surface area contributed by atoms with E-state index in [0.717, 1.165) is 37.2 Å². The van der Waals surface area contributed by atoms with E-state index in [1.165, 1.54) is 0 Å². The predicted octanol–water partition coefficient (Wildman–Crippen LogP) is 2.45. The molecule has 0 saturated heterocycles. The zero-order valence-corrected chi connectivity index (χ0v) is 13.7. The number of anilines is 1. The van der Waals surface area contributed by atoms with Crippen molar-refractivity contribution in [2.45, 2.75) is 47.5 Å². The van der Waals surface area contributed by atoms with Crippen molar-refractivity contribution in [1.29, 1.82) is 0 Å². The molecule has 1 aromatic rings. The number of aryl methyl sites for hydroxylation is 1. The molecular formula is C15H27N5O. The van der Waals surface area contributed by atoms with Gasteiger partial charge in [-0.25, -0.2) is 0 Å². The quantitative estimate of drug-likeness (QED) is 0.349. The molecule has 0 aliphatic carbocycles. The molecule has 0 spiro atoms. The van der Waals surface area contributed by atoms with Crippen LogP contribution in [0.5, 0.6) is 0 Å². The highest BCUT2D eigenvalue weighted by molar-refractivity contribution is 6.02. The van der Waals surface area contributed by atoms with E-state index in [2.05, 4.69) is 41.0 Å². The lowest BCUT2D eigenvalue weighted by molar-refractivity contribution is 0.318. The maximum absolute atomic E-state index is 9.05. The van der Waals surface area contributed by atoms with Gasteiger partial charge in [-0.3, -0.25) is 0 Å². The molecule has 0 atom stereocenters. The normalized spacial score (nSPS) is 12.0. The summed E-state index contributed by atoms with van der Waals surface area (Å²) in [4.78, 5) is 2.16. The van der Waals surface area contributed by atoms with Crippen LogP contribution in [0.2, 0.25) is 0 Å². The lowest BCUT2D eigenvalue weighted by Crippen LogP contribution is -2.33. The highest BCUT2D eigenvalue weighted by Crippen LogP contribution is 2.24. The summed E-state index contributed by atoms with van der Waals surface area (Å²) in [5, 5.41) is 20.7. The van der Waals surface area contributed by atoms with Crippen molar-refractivity contribution in [3.63, 3.8) is 0 Å². The summed E-state index contributed by atoms with van der Waals surface area (Å²) >= 11 is 0. The maximum atomic E-state index is 9.05. The van der Waals surface area contributed by atoms with Crippen LogP contribution in [0.15, 0.2) is 5.16 Å². The lowest BCUT2D eigenvalue weighted by atomic mass is 10.0. The molecule has 0 amide bonds. The molecule has 1 heterocycles. The second kappa shape index (κ2) is 7.81. The summed E-state index contributed by atoms with van der Waals surface area (Å²) < 4.78 is 0. The molecule has 0 aromatic carbocycles. The monoisotopic (exact) mass is 293 g/mol. The molecule has 118 valence electrons. The van der Waals surface area contributed by atoms with E-state index >= 15 is 0 Å². The zero-order chi connectivity index (χ0) is 16.0. The first-order valence-corrected chi connectivity index (χ1v) is 7.56. The van der Waals surface area contributed by atoms with E-state index in [-0.39, 0.29) is 5.84 Å². The molecule has 6 nitrogen and oxygen atoms in total. The Bertz CT molecular complexity index is 497. The molecular weight excluding hydrogens is 266 g/mol. The van der Waals surface area contributed by atoms with Crippen LogP contribution < -0.4 is 10.6 Å². The summed E-state index contributed by atoms with van der Waals surface area (Å²) in [7, 11) is 0. The highest BCUT2D eigenvalue weighted by Gasteiger charge is 2.21. The number of hydrogen-bond acceptors (Lipinski definition) is 5. The van der Waals surface area contributed by atoms with Gasteiger partial charge in [0.25, 0.3) is 0 Å². The van der Waals surface area contributed by atoms with Crippen LogP contribution in [0, 0.1) is 19.8 Å². The summed E-state index contributed by atoms with van der Waals surface area (Å²) in [5.41, 5.74) is 8.23. The average Bonchev–Trinajstić information content (AvgIpc) is 2.51. The van der Waals surface area contributed by atoms with Crippen LogP contribution in [-0.4, -0.2) is 34.3 Å². The first-order valence-electron chi connectivity index (χ1n) is 7.56.